The van der Waals surface area contributed by atoms with Crippen LogP contribution in [0.25, 0.3) is 10.8 Å². The molecule has 2 N–H and O–H groups in total. The van der Waals surface area contributed by atoms with Crippen LogP contribution in [0.2, 0.25) is 0 Å². The Kier molecular flexibility index (Phi) is 7.05. The predicted molar refractivity (Wildman–Crippen MR) is 117 cm³/mol. The number of benzene rings is 3. The summed E-state index contributed by atoms with van der Waals surface area (Å²) in [6, 6.07) is 19.5. The molecular formula is C23H25N3O3. The molecule has 0 atom stereocenters. The molecule has 150 valence electrons. The van der Waals surface area contributed by atoms with Crippen LogP contribution in [-0.2, 0) is 4.79 Å². The molecule has 0 unspecified atom stereocenters. The number of nitrogens with one attached hydrogen (secondary N) is 2. The quantitative estimate of drug-likeness (QED) is 0.424. The molecule has 3 rings (SSSR count). The van der Waals surface area contributed by atoms with Crippen molar-refractivity contribution < 1.29 is 14.3 Å². The van der Waals surface area contributed by atoms with E-state index in [2.05, 4.69) is 15.8 Å². The molecular weight excluding hydrogens is 366 g/mol. The molecule has 3 aromatic rings. The number of hydrogen-bond donors (Lipinski definition) is 2. The first kappa shape index (κ1) is 20.2. The Morgan fingerprint density at radius 3 is 2.55 bits per heavy atom. The largest absolute Gasteiger partial charge is 0.490 e. The van der Waals surface area contributed by atoms with Crippen molar-refractivity contribution in [3.05, 3.63) is 66.2 Å². The van der Waals surface area contributed by atoms with E-state index in [1.807, 2.05) is 74.5 Å². The molecule has 0 aliphatic rings. The van der Waals surface area contributed by atoms with Crippen molar-refractivity contribution in [3.8, 4) is 11.5 Å². The van der Waals surface area contributed by atoms with Crippen LogP contribution in [0.3, 0.4) is 0 Å². The first-order valence-electron chi connectivity index (χ1n) is 9.64. The smallest absolute Gasteiger partial charge is 0.259 e. The summed E-state index contributed by atoms with van der Waals surface area (Å²) in [6.45, 7) is 5.07. The standard InChI is InChI=1S/C23H25N3O3/c1-3-28-21-13-12-17(14-22(21)29-4-2)15-25-26-23(27)16-24-20-11-7-9-18-8-5-6-10-19(18)20/h5-15,24H,3-4,16H2,1-2H3,(H,26,27)/b25-15+. The third-order valence-corrected chi connectivity index (χ3v) is 4.20. The van der Waals surface area contributed by atoms with Gasteiger partial charge in [0, 0.05) is 11.1 Å². The third-order valence-electron chi connectivity index (χ3n) is 4.20. The number of rotatable bonds is 9. The Labute approximate surface area is 170 Å². The van der Waals surface area contributed by atoms with Crippen molar-refractivity contribution in [2.45, 2.75) is 13.8 Å². The number of hydrogen-bond acceptors (Lipinski definition) is 5. The van der Waals surface area contributed by atoms with Crippen LogP contribution in [0.5, 0.6) is 11.5 Å². The number of ether oxygens (including phenoxy) is 2. The second-order valence-corrected chi connectivity index (χ2v) is 6.25. The molecule has 0 saturated heterocycles. The second-order valence-electron chi connectivity index (χ2n) is 6.25. The van der Waals surface area contributed by atoms with E-state index < -0.39 is 0 Å². The summed E-state index contributed by atoms with van der Waals surface area (Å²) in [7, 11) is 0. The van der Waals surface area contributed by atoms with E-state index in [-0.39, 0.29) is 12.5 Å². The Bertz CT molecular complexity index is 996. The van der Waals surface area contributed by atoms with E-state index in [0.29, 0.717) is 24.7 Å². The van der Waals surface area contributed by atoms with Gasteiger partial charge in [0.2, 0.25) is 0 Å². The predicted octanol–water partition coefficient (Wildman–Crippen LogP) is 4.20. The molecule has 0 radical (unpaired) electrons. The third kappa shape index (κ3) is 5.48. The normalized spacial score (nSPS) is 10.8. The fourth-order valence-electron chi connectivity index (χ4n) is 2.92. The highest BCUT2D eigenvalue weighted by atomic mass is 16.5. The summed E-state index contributed by atoms with van der Waals surface area (Å²) in [6.07, 6.45) is 1.58. The topological polar surface area (TPSA) is 72.0 Å². The van der Waals surface area contributed by atoms with Gasteiger partial charge in [-0.1, -0.05) is 36.4 Å². The summed E-state index contributed by atoms with van der Waals surface area (Å²) in [4.78, 5) is 12.1. The average molecular weight is 391 g/mol. The molecule has 6 nitrogen and oxygen atoms in total. The summed E-state index contributed by atoms with van der Waals surface area (Å²) in [5.41, 5.74) is 4.25. The minimum absolute atomic E-state index is 0.124. The van der Waals surface area contributed by atoms with Gasteiger partial charge in [0.25, 0.3) is 5.91 Å². The molecule has 3 aromatic carbocycles. The van der Waals surface area contributed by atoms with Gasteiger partial charge in [0.1, 0.15) is 0 Å². The zero-order valence-electron chi connectivity index (χ0n) is 16.6. The lowest BCUT2D eigenvalue weighted by atomic mass is 10.1. The molecule has 0 bridgehead atoms. The number of carbonyl (C=O) groups is 1. The van der Waals surface area contributed by atoms with Crippen molar-refractivity contribution in [2.24, 2.45) is 5.10 Å². The van der Waals surface area contributed by atoms with E-state index >= 15 is 0 Å². The lowest BCUT2D eigenvalue weighted by Crippen LogP contribution is -2.25. The summed E-state index contributed by atoms with van der Waals surface area (Å²) < 4.78 is 11.1. The van der Waals surface area contributed by atoms with Gasteiger partial charge < -0.3 is 14.8 Å². The summed E-state index contributed by atoms with van der Waals surface area (Å²) in [5.74, 6) is 1.11. The Morgan fingerprint density at radius 2 is 1.72 bits per heavy atom. The SMILES string of the molecule is CCOc1ccc(/C=N/NC(=O)CNc2cccc3ccccc23)cc1OCC. The zero-order chi connectivity index (χ0) is 20.5. The van der Waals surface area contributed by atoms with Crippen LogP contribution in [0, 0.1) is 0 Å². The highest BCUT2D eigenvalue weighted by Gasteiger charge is 2.06. The van der Waals surface area contributed by atoms with Crippen molar-refractivity contribution in [2.75, 3.05) is 25.1 Å². The first-order valence-corrected chi connectivity index (χ1v) is 9.64. The Hall–Kier alpha value is -3.54. The van der Waals surface area contributed by atoms with E-state index in [0.717, 1.165) is 22.0 Å². The van der Waals surface area contributed by atoms with Crippen molar-refractivity contribution in [1.82, 2.24) is 5.43 Å². The molecule has 0 aliphatic heterocycles. The number of amides is 1. The monoisotopic (exact) mass is 391 g/mol. The maximum Gasteiger partial charge on any atom is 0.259 e. The number of nitrogens with zero attached hydrogens (tertiary/aromatic N) is 1. The van der Waals surface area contributed by atoms with Gasteiger partial charge in [0.15, 0.2) is 11.5 Å². The van der Waals surface area contributed by atoms with Crippen LogP contribution >= 0.6 is 0 Å². The van der Waals surface area contributed by atoms with Crippen LogP contribution in [0.1, 0.15) is 19.4 Å². The first-order chi connectivity index (χ1) is 14.2. The molecule has 0 saturated carbocycles. The van der Waals surface area contributed by atoms with Crippen molar-refractivity contribution in [1.29, 1.82) is 0 Å². The number of carbonyl (C=O) groups excluding carboxylic acids is 1. The molecule has 0 aliphatic carbocycles. The minimum atomic E-state index is -0.231. The van der Waals surface area contributed by atoms with Crippen LogP contribution in [-0.4, -0.2) is 31.9 Å². The molecule has 0 fully saturated rings. The number of hydrazone groups is 1. The number of anilines is 1. The summed E-state index contributed by atoms with van der Waals surface area (Å²) in [5, 5.41) is 9.39. The van der Waals surface area contributed by atoms with Gasteiger partial charge in [-0.2, -0.15) is 5.10 Å². The van der Waals surface area contributed by atoms with Gasteiger partial charge >= 0.3 is 0 Å². The summed E-state index contributed by atoms with van der Waals surface area (Å²) >= 11 is 0. The Morgan fingerprint density at radius 1 is 0.966 bits per heavy atom. The van der Waals surface area contributed by atoms with Gasteiger partial charge in [-0.3, -0.25) is 4.79 Å². The molecule has 0 aromatic heterocycles. The number of fused-ring (bicyclic) bond motifs is 1. The van der Waals surface area contributed by atoms with E-state index in [1.54, 1.807) is 6.21 Å². The van der Waals surface area contributed by atoms with Gasteiger partial charge in [-0.25, -0.2) is 5.43 Å². The molecule has 0 spiro atoms. The molecule has 0 heterocycles. The van der Waals surface area contributed by atoms with Gasteiger partial charge in [-0.15, -0.1) is 0 Å². The van der Waals surface area contributed by atoms with Crippen molar-refractivity contribution >= 4 is 28.6 Å². The lowest BCUT2D eigenvalue weighted by Gasteiger charge is -2.11. The van der Waals surface area contributed by atoms with E-state index in [4.69, 9.17) is 9.47 Å². The fourth-order valence-corrected chi connectivity index (χ4v) is 2.92. The van der Waals surface area contributed by atoms with Gasteiger partial charge in [-0.05, 0) is 49.1 Å². The fraction of sp³-hybridized carbons (Fsp3) is 0.217. The molecule has 6 heteroatoms. The average Bonchev–Trinajstić information content (AvgIpc) is 2.74. The van der Waals surface area contributed by atoms with E-state index in [9.17, 15) is 4.79 Å². The van der Waals surface area contributed by atoms with E-state index in [1.165, 1.54) is 0 Å². The minimum Gasteiger partial charge on any atom is -0.490 e. The van der Waals surface area contributed by atoms with Gasteiger partial charge in [0.05, 0.1) is 26.0 Å². The lowest BCUT2D eigenvalue weighted by molar-refractivity contribution is -0.119. The Balaban J connectivity index is 1.57. The zero-order valence-corrected chi connectivity index (χ0v) is 16.6. The maximum atomic E-state index is 12.1. The molecule has 1 amide bonds. The van der Waals surface area contributed by atoms with Crippen molar-refractivity contribution in [3.63, 3.8) is 0 Å². The maximum absolute atomic E-state index is 12.1. The second kappa shape index (κ2) is 10.1. The molecule has 29 heavy (non-hydrogen) atoms. The van der Waals surface area contributed by atoms with Crippen LogP contribution in [0.15, 0.2) is 65.8 Å². The highest BCUT2D eigenvalue weighted by Crippen LogP contribution is 2.28. The van der Waals surface area contributed by atoms with Crippen LogP contribution in [0.4, 0.5) is 5.69 Å². The highest BCUT2D eigenvalue weighted by molar-refractivity contribution is 5.95. The van der Waals surface area contributed by atoms with Crippen LogP contribution < -0.4 is 20.2 Å².